The molecule has 1 saturated carbocycles. The zero-order valence-electron chi connectivity index (χ0n) is 10.1. The number of hydrogen-bond donors (Lipinski definition) is 2. The molecule has 0 amide bonds. The summed E-state index contributed by atoms with van der Waals surface area (Å²) in [5.74, 6) is -0.0250. The van der Waals surface area contributed by atoms with Gasteiger partial charge in [-0.3, -0.25) is 0 Å². The van der Waals surface area contributed by atoms with Crippen LogP contribution in [0.2, 0.25) is 0 Å². The lowest BCUT2D eigenvalue weighted by molar-refractivity contribution is -0.135. The molecule has 108 valence electrons. The first-order valence-corrected chi connectivity index (χ1v) is 7.71. The van der Waals surface area contributed by atoms with E-state index in [2.05, 4.69) is 10.0 Å². The fourth-order valence-corrected chi connectivity index (χ4v) is 2.42. The Balaban J connectivity index is 2.01. The van der Waals surface area contributed by atoms with Crippen molar-refractivity contribution in [3.8, 4) is 0 Å². The Kier molecular flexibility index (Phi) is 5.87. The molecule has 0 bridgehead atoms. The predicted octanol–water partition coefficient (Wildman–Crippen LogP) is 1.39. The van der Waals surface area contributed by atoms with Crippen molar-refractivity contribution >= 4 is 10.0 Å². The summed E-state index contributed by atoms with van der Waals surface area (Å²) < 4.78 is 60.6. The highest BCUT2D eigenvalue weighted by atomic mass is 32.2. The van der Waals surface area contributed by atoms with Crippen LogP contribution in [0.5, 0.6) is 0 Å². The van der Waals surface area contributed by atoms with Crippen molar-refractivity contribution in [3.05, 3.63) is 0 Å². The molecule has 0 radical (unpaired) electrons. The normalized spacial score (nSPS) is 17.1. The molecule has 0 spiro atoms. The lowest BCUT2D eigenvalue weighted by atomic mass is 10.2. The van der Waals surface area contributed by atoms with Gasteiger partial charge in [0.1, 0.15) is 0 Å². The van der Waals surface area contributed by atoms with Crippen molar-refractivity contribution in [3.63, 3.8) is 0 Å². The van der Waals surface area contributed by atoms with Crippen LogP contribution >= 0.6 is 0 Å². The minimum Gasteiger partial charge on any atom is -0.313 e. The summed E-state index contributed by atoms with van der Waals surface area (Å²) in [7, 11) is -3.36. The largest absolute Gasteiger partial charge is 0.389 e. The van der Waals surface area contributed by atoms with Crippen LogP contribution in [-0.4, -0.2) is 39.5 Å². The van der Waals surface area contributed by atoms with Gasteiger partial charge in [-0.25, -0.2) is 13.1 Å². The van der Waals surface area contributed by atoms with Crippen molar-refractivity contribution in [2.75, 3.05) is 18.8 Å². The topological polar surface area (TPSA) is 58.2 Å². The van der Waals surface area contributed by atoms with E-state index in [0.29, 0.717) is 12.6 Å². The van der Waals surface area contributed by atoms with Crippen LogP contribution in [0.4, 0.5) is 13.2 Å². The summed E-state index contributed by atoms with van der Waals surface area (Å²) >= 11 is 0. The molecule has 0 unspecified atom stereocenters. The molecule has 0 aromatic carbocycles. The van der Waals surface area contributed by atoms with Gasteiger partial charge in [-0.2, -0.15) is 13.2 Å². The zero-order valence-corrected chi connectivity index (χ0v) is 10.9. The molecule has 0 aliphatic heterocycles. The molecule has 1 aliphatic carbocycles. The Bertz CT molecular complexity index is 340. The van der Waals surface area contributed by atoms with Crippen molar-refractivity contribution < 1.29 is 21.6 Å². The molecule has 1 aliphatic rings. The maximum absolute atomic E-state index is 11.8. The highest BCUT2D eigenvalue weighted by molar-refractivity contribution is 7.89. The third-order valence-electron chi connectivity index (χ3n) is 2.59. The molecule has 18 heavy (non-hydrogen) atoms. The van der Waals surface area contributed by atoms with Crippen LogP contribution in [0.25, 0.3) is 0 Å². The van der Waals surface area contributed by atoms with E-state index in [1.807, 2.05) is 0 Å². The number of sulfonamides is 1. The lowest BCUT2D eigenvalue weighted by Gasteiger charge is -2.08. The molecular formula is C10H19F3N2O2S. The first kappa shape index (κ1) is 15.7. The van der Waals surface area contributed by atoms with E-state index in [-0.39, 0.29) is 25.1 Å². The van der Waals surface area contributed by atoms with Crippen molar-refractivity contribution in [2.45, 2.75) is 44.3 Å². The predicted molar refractivity (Wildman–Crippen MR) is 62.7 cm³/mol. The molecule has 1 fully saturated rings. The standard InChI is InChI=1S/C10H19F3N2O2S/c11-10(12,13)5-1-2-6-15-18(16,17)8-7-14-9-3-4-9/h9,14-15H,1-8H2. The summed E-state index contributed by atoms with van der Waals surface area (Å²) in [6, 6.07) is 0.451. The van der Waals surface area contributed by atoms with Crippen LogP contribution in [0, 0.1) is 0 Å². The minimum atomic E-state index is -4.16. The number of rotatable bonds is 9. The van der Waals surface area contributed by atoms with E-state index in [0.717, 1.165) is 12.8 Å². The molecule has 8 heteroatoms. The maximum atomic E-state index is 11.8. The second-order valence-electron chi connectivity index (χ2n) is 4.51. The second kappa shape index (κ2) is 6.72. The summed E-state index contributed by atoms with van der Waals surface area (Å²) in [6.45, 7) is 0.463. The van der Waals surface area contributed by atoms with Gasteiger partial charge in [0.05, 0.1) is 5.75 Å². The van der Waals surface area contributed by atoms with Gasteiger partial charge in [0, 0.05) is 25.6 Å². The fraction of sp³-hybridized carbons (Fsp3) is 1.00. The third-order valence-corrected chi connectivity index (χ3v) is 3.98. The van der Waals surface area contributed by atoms with Crippen molar-refractivity contribution in [2.24, 2.45) is 0 Å². The minimum absolute atomic E-state index is 0.0250. The second-order valence-corrected chi connectivity index (χ2v) is 6.44. The van der Waals surface area contributed by atoms with Gasteiger partial charge in [-0.15, -0.1) is 0 Å². The Morgan fingerprint density at radius 3 is 2.33 bits per heavy atom. The molecule has 1 rings (SSSR count). The fourth-order valence-electron chi connectivity index (χ4n) is 1.44. The SMILES string of the molecule is O=S(=O)(CCNC1CC1)NCCCCC(F)(F)F. The van der Waals surface area contributed by atoms with Crippen LogP contribution in [0.3, 0.4) is 0 Å². The van der Waals surface area contributed by atoms with Gasteiger partial charge in [0.25, 0.3) is 0 Å². The smallest absolute Gasteiger partial charge is 0.313 e. The molecule has 0 atom stereocenters. The Morgan fingerprint density at radius 1 is 1.11 bits per heavy atom. The lowest BCUT2D eigenvalue weighted by Crippen LogP contribution is -2.33. The van der Waals surface area contributed by atoms with E-state index in [9.17, 15) is 21.6 Å². The third kappa shape index (κ3) is 8.71. The van der Waals surface area contributed by atoms with Crippen molar-refractivity contribution in [1.29, 1.82) is 0 Å². The Hall–Kier alpha value is -0.340. The molecule has 0 saturated heterocycles. The van der Waals surface area contributed by atoms with Gasteiger partial charge in [-0.05, 0) is 25.7 Å². The number of unbranched alkanes of at least 4 members (excludes halogenated alkanes) is 1. The van der Waals surface area contributed by atoms with Gasteiger partial charge in [0.15, 0.2) is 0 Å². The van der Waals surface area contributed by atoms with Gasteiger partial charge in [0.2, 0.25) is 10.0 Å². The van der Waals surface area contributed by atoms with Crippen LogP contribution in [0.1, 0.15) is 32.1 Å². The first-order valence-electron chi connectivity index (χ1n) is 6.06. The zero-order chi connectivity index (χ0) is 13.6. The van der Waals surface area contributed by atoms with E-state index < -0.39 is 22.6 Å². The molecule has 4 nitrogen and oxygen atoms in total. The van der Waals surface area contributed by atoms with Gasteiger partial charge >= 0.3 is 6.18 Å². The van der Waals surface area contributed by atoms with Crippen LogP contribution < -0.4 is 10.0 Å². The van der Waals surface area contributed by atoms with Crippen molar-refractivity contribution in [1.82, 2.24) is 10.0 Å². The highest BCUT2D eigenvalue weighted by Gasteiger charge is 2.26. The van der Waals surface area contributed by atoms with Crippen LogP contribution in [-0.2, 0) is 10.0 Å². The Labute approximate surface area is 105 Å². The molecule has 0 heterocycles. The number of nitrogens with one attached hydrogen (secondary N) is 2. The van der Waals surface area contributed by atoms with E-state index >= 15 is 0 Å². The average molecular weight is 288 g/mol. The summed E-state index contributed by atoms with van der Waals surface area (Å²) in [5, 5.41) is 3.07. The van der Waals surface area contributed by atoms with E-state index in [4.69, 9.17) is 0 Å². The first-order chi connectivity index (χ1) is 8.29. The monoisotopic (exact) mass is 288 g/mol. The molecule has 0 aromatic heterocycles. The quantitative estimate of drug-likeness (QED) is 0.630. The number of alkyl halides is 3. The average Bonchev–Trinajstić information content (AvgIpc) is 2.99. The molecular weight excluding hydrogens is 269 g/mol. The summed E-state index contributed by atoms with van der Waals surface area (Å²) in [5.41, 5.74) is 0. The van der Waals surface area contributed by atoms with Gasteiger partial charge < -0.3 is 5.32 Å². The highest BCUT2D eigenvalue weighted by Crippen LogP contribution is 2.21. The number of halogens is 3. The molecule has 0 aromatic rings. The number of hydrogen-bond acceptors (Lipinski definition) is 3. The Morgan fingerprint density at radius 2 is 1.78 bits per heavy atom. The van der Waals surface area contributed by atoms with Crippen LogP contribution in [0.15, 0.2) is 0 Å². The molecule has 2 N–H and O–H groups in total. The van der Waals surface area contributed by atoms with E-state index in [1.165, 1.54) is 0 Å². The summed E-state index contributed by atoms with van der Waals surface area (Å²) in [6.07, 6.45) is -2.69. The van der Waals surface area contributed by atoms with E-state index in [1.54, 1.807) is 0 Å². The summed E-state index contributed by atoms with van der Waals surface area (Å²) in [4.78, 5) is 0. The van der Waals surface area contributed by atoms with Gasteiger partial charge in [-0.1, -0.05) is 0 Å². The maximum Gasteiger partial charge on any atom is 0.389 e.